The zero-order valence-corrected chi connectivity index (χ0v) is 9.63. The molecule has 1 aromatic rings. The quantitative estimate of drug-likeness (QED) is 0.609. The van der Waals surface area contributed by atoms with Crippen molar-refractivity contribution in [2.45, 2.75) is 6.04 Å². The Bertz CT molecular complexity index is 510. The Morgan fingerprint density at radius 3 is 3.00 bits per heavy atom. The minimum atomic E-state index is -0.562. The van der Waals surface area contributed by atoms with E-state index < -0.39 is 11.9 Å². The van der Waals surface area contributed by atoms with Gasteiger partial charge >= 0.3 is 0 Å². The lowest BCUT2D eigenvalue weighted by Gasteiger charge is -2.32. The molecule has 2 rings (SSSR count). The minimum Gasteiger partial charge on any atom is -0.508 e. The predicted molar refractivity (Wildman–Crippen MR) is 63.1 cm³/mol. The molecule has 0 spiro atoms. The van der Waals surface area contributed by atoms with Crippen LogP contribution in [0.3, 0.4) is 0 Å². The van der Waals surface area contributed by atoms with Crippen LogP contribution in [0.5, 0.6) is 11.5 Å². The van der Waals surface area contributed by atoms with Crippen molar-refractivity contribution in [3.05, 3.63) is 23.8 Å². The maximum atomic E-state index is 12.2. The normalized spacial score (nSPS) is 19.3. The Balaban J connectivity index is 2.30. The lowest BCUT2D eigenvalue weighted by molar-refractivity contribution is 0.0683. The third-order valence-corrected chi connectivity index (χ3v) is 2.86. The maximum Gasteiger partial charge on any atom is 0.258 e. The summed E-state index contributed by atoms with van der Waals surface area (Å²) in [5.74, 6) is -0.746. The van der Waals surface area contributed by atoms with Gasteiger partial charge in [0.05, 0.1) is 11.6 Å². The highest BCUT2D eigenvalue weighted by Gasteiger charge is 2.28. The van der Waals surface area contributed by atoms with E-state index in [4.69, 9.17) is 5.26 Å². The summed E-state index contributed by atoms with van der Waals surface area (Å²) >= 11 is 0. The van der Waals surface area contributed by atoms with E-state index in [2.05, 4.69) is 5.32 Å². The van der Waals surface area contributed by atoms with Gasteiger partial charge in [-0.05, 0) is 18.2 Å². The second kappa shape index (κ2) is 4.94. The first kappa shape index (κ1) is 12.2. The highest BCUT2D eigenvalue weighted by Crippen LogP contribution is 2.24. The van der Waals surface area contributed by atoms with Gasteiger partial charge < -0.3 is 20.4 Å². The van der Waals surface area contributed by atoms with Crippen molar-refractivity contribution in [3.63, 3.8) is 0 Å². The smallest absolute Gasteiger partial charge is 0.258 e. The molecule has 3 N–H and O–H groups in total. The molecule has 0 bridgehead atoms. The number of phenolic OH excluding ortho intramolecular Hbond substituents is 2. The predicted octanol–water partition coefficient (Wildman–Crippen LogP) is 0.0354. The number of aromatic hydroxyl groups is 2. The van der Waals surface area contributed by atoms with E-state index in [0.29, 0.717) is 19.6 Å². The van der Waals surface area contributed by atoms with Crippen molar-refractivity contribution >= 4 is 5.91 Å². The van der Waals surface area contributed by atoms with E-state index in [0.717, 1.165) is 0 Å². The summed E-state index contributed by atoms with van der Waals surface area (Å²) in [4.78, 5) is 13.6. The van der Waals surface area contributed by atoms with Crippen LogP contribution in [0.25, 0.3) is 0 Å². The monoisotopic (exact) mass is 247 g/mol. The molecule has 18 heavy (non-hydrogen) atoms. The number of rotatable bonds is 1. The molecule has 1 fully saturated rings. The molecule has 1 unspecified atom stereocenters. The van der Waals surface area contributed by atoms with Gasteiger partial charge in [0.1, 0.15) is 17.5 Å². The first-order chi connectivity index (χ1) is 8.63. The van der Waals surface area contributed by atoms with Gasteiger partial charge in [0, 0.05) is 19.6 Å². The van der Waals surface area contributed by atoms with Crippen LogP contribution in [-0.2, 0) is 0 Å². The Hall–Kier alpha value is -2.26. The maximum absolute atomic E-state index is 12.2. The average molecular weight is 247 g/mol. The molecule has 1 atom stereocenters. The van der Waals surface area contributed by atoms with E-state index in [9.17, 15) is 15.0 Å². The van der Waals surface area contributed by atoms with Crippen molar-refractivity contribution in [3.8, 4) is 17.6 Å². The summed E-state index contributed by atoms with van der Waals surface area (Å²) in [6.07, 6.45) is 0. The van der Waals surface area contributed by atoms with Gasteiger partial charge in [-0.3, -0.25) is 4.79 Å². The molecular weight excluding hydrogens is 234 g/mol. The van der Waals surface area contributed by atoms with Crippen LogP contribution in [0.4, 0.5) is 0 Å². The number of nitrogens with one attached hydrogen (secondary N) is 1. The van der Waals surface area contributed by atoms with Gasteiger partial charge in [-0.2, -0.15) is 5.26 Å². The number of nitrogens with zero attached hydrogens (tertiary/aromatic N) is 2. The number of hydrogen-bond acceptors (Lipinski definition) is 5. The molecule has 1 heterocycles. The van der Waals surface area contributed by atoms with Crippen LogP contribution in [-0.4, -0.2) is 46.7 Å². The Morgan fingerprint density at radius 1 is 1.50 bits per heavy atom. The number of phenols is 2. The zero-order chi connectivity index (χ0) is 13.1. The average Bonchev–Trinajstić information content (AvgIpc) is 2.40. The molecule has 6 nitrogen and oxygen atoms in total. The lowest BCUT2D eigenvalue weighted by Crippen LogP contribution is -2.53. The molecule has 94 valence electrons. The van der Waals surface area contributed by atoms with E-state index in [1.807, 2.05) is 6.07 Å². The molecule has 6 heteroatoms. The molecule has 0 aromatic heterocycles. The number of hydrogen-bond donors (Lipinski definition) is 3. The van der Waals surface area contributed by atoms with Crippen molar-refractivity contribution in [2.75, 3.05) is 19.6 Å². The number of benzene rings is 1. The summed E-state index contributed by atoms with van der Waals surface area (Å²) in [5.41, 5.74) is 0.0113. The number of piperazine rings is 1. The lowest BCUT2D eigenvalue weighted by atomic mass is 10.1. The Kier molecular flexibility index (Phi) is 3.35. The Morgan fingerprint density at radius 2 is 2.28 bits per heavy atom. The van der Waals surface area contributed by atoms with Gasteiger partial charge in [0.2, 0.25) is 0 Å². The van der Waals surface area contributed by atoms with Gasteiger partial charge in [-0.25, -0.2) is 0 Å². The fourth-order valence-electron chi connectivity index (χ4n) is 1.91. The van der Waals surface area contributed by atoms with Crippen molar-refractivity contribution in [2.24, 2.45) is 0 Å². The largest absolute Gasteiger partial charge is 0.508 e. The second-order valence-corrected chi connectivity index (χ2v) is 4.05. The third kappa shape index (κ3) is 2.21. The SMILES string of the molecule is N#CC1CNCCN1C(=O)c1cc(O)ccc1O. The molecule has 1 saturated heterocycles. The fraction of sp³-hybridized carbons (Fsp3) is 0.333. The van der Waals surface area contributed by atoms with Crippen LogP contribution in [0.1, 0.15) is 10.4 Å². The van der Waals surface area contributed by atoms with Crippen LogP contribution >= 0.6 is 0 Å². The van der Waals surface area contributed by atoms with Gasteiger partial charge in [0.25, 0.3) is 5.91 Å². The first-order valence-electron chi connectivity index (χ1n) is 5.57. The molecular formula is C12H13N3O3. The minimum absolute atomic E-state index is 0.0113. The number of amides is 1. The molecule has 1 aromatic carbocycles. The summed E-state index contributed by atoms with van der Waals surface area (Å²) in [7, 11) is 0. The van der Waals surface area contributed by atoms with Crippen LogP contribution in [0.2, 0.25) is 0 Å². The molecule has 1 aliphatic heterocycles. The van der Waals surface area contributed by atoms with Gasteiger partial charge in [0.15, 0.2) is 0 Å². The number of carbonyl (C=O) groups excluding carboxylic acids is 1. The molecule has 1 amide bonds. The summed E-state index contributed by atoms with van der Waals surface area (Å²) in [6, 6.07) is 5.23. The van der Waals surface area contributed by atoms with E-state index in [-0.39, 0.29) is 17.1 Å². The molecule has 1 aliphatic rings. The highest BCUT2D eigenvalue weighted by atomic mass is 16.3. The Labute approximate surface area is 104 Å². The first-order valence-corrected chi connectivity index (χ1v) is 5.57. The standard InChI is InChI=1S/C12H13N3O3/c13-6-8-7-14-3-4-15(8)12(18)10-5-9(16)1-2-11(10)17/h1-2,5,8,14,16-17H,3-4,7H2. The third-order valence-electron chi connectivity index (χ3n) is 2.86. The van der Waals surface area contributed by atoms with Crippen LogP contribution in [0.15, 0.2) is 18.2 Å². The van der Waals surface area contributed by atoms with Crippen LogP contribution < -0.4 is 5.32 Å². The van der Waals surface area contributed by atoms with Crippen molar-refractivity contribution in [1.29, 1.82) is 5.26 Å². The van der Waals surface area contributed by atoms with Crippen molar-refractivity contribution < 1.29 is 15.0 Å². The molecule has 0 saturated carbocycles. The fourth-order valence-corrected chi connectivity index (χ4v) is 1.91. The summed E-state index contributed by atoms with van der Waals surface area (Å²) in [5, 5.41) is 31.0. The highest BCUT2D eigenvalue weighted by molar-refractivity contribution is 5.97. The number of nitriles is 1. The van der Waals surface area contributed by atoms with Gasteiger partial charge in [-0.15, -0.1) is 0 Å². The van der Waals surface area contributed by atoms with E-state index in [1.54, 1.807) is 0 Å². The van der Waals surface area contributed by atoms with Gasteiger partial charge in [-0.1, -0.05) is 0 Å². The molecule has 0 aliphatic carbocycles. The number of carbonyl (C=O) groups is 1. The topological polar surface area (TPSA) is 96.6 Å². The summed E-state index contributed by atoms with van der Waals surface area (Å²) in [6.45, 7) is 1.40. The van der Waals surface area contributed by atoms with E-state index >= 15 is 0 Å². The zero-order valence-electron chi connectivity index (χ0n) is 9.63. The molecule has 0 radical (unpaired) electrons. The van der Waals surface area contributed by atoms with Crippen molar-refractivity contribution in [1.82, 2.24) is 10.2 Å². The summed E-state index contributed by atoms with van der Waals surface area (Å²) < 4.78 is 0. The second-order valence-electron chi connectivity index (χ2n) is 4.05. The van der Waals surface area contributed by atoms with E-state index in [1.165, 1.54) is 23.1 Å². The van der Waals surface area contributed by atoms with Crippen LogP contribution in [0, 0.1) is 11.3 Å².